The van der Waals surface area contributed by atoms with Gasteiger partial charge in [-0.05, 0) is 49.2 Å². The van der Waals surface area contributed by atoms with E-state index in [2.05, 4.69) is 38.1 Å². The minimum atomic E-state index is -0.142. The highest BCUT2D eigenvalue weighted by atomic mass is 16.5. The molecule has 0 heterocycles. The molecule has 4 heteroatoms. The van der Waals surface area contributed by atoms with E-state index >= 15 is 0 Å². The Morgan fingerprint density at radius 2 is 1.03 bits per heavy atom. The summed E-state index contributed by atoms with van der Waals surface area (Å²) < 4.78 is 22.5. The van der Waals surface area contributed by atoms with Gasteiger partial charge in [-0.3, -0.25) is 0 Å². The summed E-state index contributed by atoms with van der Waals surface area (Å²) in [5.41, 5.74) is 2.30. The highest BCUT2D eigenvalue weighted by molar-refractivity contribution is 5.41. The van der Waals surface area contributed by atoms with Gasteiger partial charge in [0, 0.05) is 19.6 Å². The molecule has 2 unspecified atom stereocenters. The average Bonchev–Trinajstić information content (AvgIpc) is 2.80. The van der Waals surface area contributed by atoms with Crippen LogP contribution in [0.25, 0.3) is 0 Å². The van der Waals surface area contributed by atoms with E-state index in [9.17, 15) is 0 Å². The second-order valence-electron chi connectivity index (χ2n) is 7.90. The zero-order valence-corrected chi connectivity index (χ0v) is 19.6. The SMILES string of the molecule is CC=CC(COc1ccc(C(C)(C)c2ccc(OCC(C=CC)OC)cc2)cc1)OC. The van der Waals surface area contributed by atoms with Crippen LogP contribution in [0.2, 0.25) is 0 Å². The van der Waals surface area contributed by atoms with Crippen LogP contribution in [0.15, 0.2) is 72.8 Å². The van der Waals surface area contributed by atoms with E-state index in [0.717, 1.165) is 11.5 Å². The molecule has 2 rings (SSSR count). The normalized spacial score (nSPS) is 14.1. The third-order valence-corrected chi connectivity index (χ3v) is 5.40. The standard InChI is InChI=1S/C27H36O4/c1-7-9-25(28-5)19-30-23-15-11-21(12-16-23)27(3,4)22-13-17-24(18-14-22)31-20-26(29-6)10-8-2/h7-18,25-26H,19-20H2,1-6H3. The number of allylic oxidation sites excluding steroid dienone is 2. The lowest BCUT2D eigenvalue weighted by molar-refractivity contribution is 0.0915. The van der Waals surface area contributed by atoms with E-state index in [0.29, 0.717) is 13.2 Å². The minimum Gasteiger partial charge on any atom is -0.491 e. The largest absolute Gasteiger partial charge is 0.491 e. The molecule has 2 aromatic carbocycles. The Kier molecular flexibility index (Phi) is 9.83. The van der Waals surface area contributed by atoms with Gasteiger partial charge in [-0.25, -0.2) is 0 Å². The molecule has 31 heavy (non-hydrogen) atoms. The number of methoxy groups -OCH3 is 2. The van der Waals surface area contributed by atoms with Gasteiger partial charge in [0.25, 0.3) is 0 Å². The van der Waals surface area contributed by atoms with Crippen molar-refractivity contribution in [2.24, 2.45) is 0 Å². The molecule has 0 aromatic heterocycles. The molecule has 0 aliphatic heterocycles. The van der Waals surface area contributed by atoms with E-state index in [1.165, 1.54) is 11.1 Å². The number of rotatable bonds is 12. The van der Waals surface area contributed by atoms with Gasteiger partial charge in [-0.1, -0.05) is 62.4 Å². The average molecular weight is 425 g/mol. The van der Waals surface area contributed by atoms with Crippen LogP contribution < -0.4 is 9.47 Å². The smallest absolute Gasteiger partial charge is 0.119 e. The summed E-state index contributed by atoms with van der Waals surface area (Å²) in [5, 5.41) is 0. The predicted octanol–water partition coefficient (Wildman–Crippen LogP) is 5.95. The Balaban J connectivity index is 2.02. The van der Waals surface area contributed by atoms with E-state index in [1.54, 1.807) is 14.2 Å². The van der Waals surface area contributed by atoms with Crippen LogP contribution in [0.3, 0.4) is 0 Å². The molecule has 0 fully saturated rings. The molecule has 4 nitrogen and oxygen atoms in total. The molecule has 168 valence electrons. The summed E-state index contributed by atoms with van der Waals surface area (Å²) in [5.74, 6) is 1.67. The second-order valence-corrected chi connectivity index (χ2v) is 7.90. The molecule has 0 radical (unpaired) electrons. The molecule has 0 saturated carbocycles. The van der Waals surface area contributed by atoms with Crippen molar-refractivity contribution < 1.29 is 18.9 Å². The van der Waals surface area contributed by atoms with Crippen molar-refractivity contribution in [3.63, 3.8) is 0 Å². The first kappa shape index (κ1) is 24.7. The summed E-state index contributed by atoms with van der Waals surface area (Å²) in [4.78, 5) is 0. The molecule has 0 spiro atoms. The number of hydrogen-bond acceptors (Lipinski definition) is 4. The first-order valence-corrected chi connectivity index (χ1v) is 10.7. The van der Waals surface area contributed by atoms with Crippen LogP contribution in [0.1, 0.15) is 38.8 Å². The van der Waals surface area contributed by atoms with Crippen molar-refractivity contribution >= 4 is 0 Å². The van der Waals surface area contributed by atoms with E-state index < -0.39 is 0 Å². The van der Waals surface area contributed by atoms with Crippen LogP contribution in [0.5, 0.6) is 11.5 Å². The molecule has 0 aliphatic carbocycles. The quantitative estimate of drug-likeness (QED) is 0.394. The molecule has 0 bridgehead atoms. The molecule has 0 N–H and O–H groups in total. The van der Waals surface area contributed by atoms with Crippen molar-refractivity contribution in [3.8, 4) is 11.5 Å². The third-order valence-electron chi connectivity index (χ3n) is 5.40. The monoisotopic (exact) mass is 424 g/mol. The topological polar surface area (TPSA) is 36.9 Å². The fraction of sp³-hybridized carbons (Fsp3) is 0.407. The summed E-state index contributed by atoms with van der Waals surface area (Å²) in [7, 11) is 3.38. The van der Waals surface area contributed by atoms with Crippen LogP contribution in [0.4, 0.5) is 0 Å². The Morgan fingerprint density at radius 1 is 0.677 bits per heavy atom. The maximum absolute atomic E-state index is 5.87. The Bertz CT molecular complexity index is 750. The molecular formula is C27H36O4. The van der Waals surface area contributed by atoms with Gasteiger partial charge >= 0.3 is 0 Å². The van der Waals surface area contributed by atoms with Crippen LogP contribution in [0, 0.1) is 0 Å². The lowest BCUT2D eigenvalue weighted by atomic mass is 9.78. The molecular weight excluding hydrogens is 388 g/mol. The zero-order valence-electron chi connectivity index (χ0n) is 19.6. The second kappa shape index (κ2) is 12.3. The Labute approximate surface area is 187 Å². The first-order valence-electron chi connectivity index (χ1n) is 10.7. The van der Waals surface area contributed by atoms with E-state index in [-0.39, 0.29) is 17.6 Å². The molecule has 2 aromatic rings. The van der Waals surface area contributed by atoms with Gasteiger partial charge in [0.05, 0.1) is 0 Å². The molecule has 0 saturated heterocycles. The van der Waals surface area contributed by atoms with Gasteiger partial charge < -0.3 is 18.9 Å². The summed E-state index contributed by atoms with van der Waals surface area (Å²) >= 11 is 0. The van der Waals surface area contributed by atoms with Gasteiger partial charge in [0.15, 0.2) is 0 Å². The number of benzene rings is 2. The Morgan fingerprint density at radius 3 is 1.32 bits per heavy atom. The van der Waals surface area contributed by atoms with Crippen LogP contribution >= 0.6 is 0 Å². The minimum absolute atomic E-state index is 0.0426. The lowest BCUT2D eigenvalue weighted by Crippen LogP contribution is -2.20. The van der Waals surface area contributed by atoms with E-state index in [1.807, 2.05) is 62.4 Å². The molecule has 0 aliphatic rings. The van der Waals surface area contributed by atoms with Crippen molar-refractivity contribution in [3.05, 3.63) is 84.0 Å². The lowest BCUT2D eigenvalue weighted by Gasteiger charge is -2.26. The highest BCUT2D eigenvalue weighted by Gasteiger charge is 2.23. The van der Waals surface area contributed by atoms with Crippen molar-refractivity contribution in [1.82, 2.24) is 0 Å². The third kappa shape index (κ3) is 7.27. The first-order chi connectivity index (χ1) is 14.9. The van der Waals surface area contributed by atoms with Crippen molar-refractivity contribution in [2.75, 3.05) is 27.4 Å². The van der Waals surface area contributed by atoms with Gasteiger partial charge in [0.2, 0.25) is 0 Å². The number of hydrogen-bond donors (Lipinski definition) is 0. The van der Waals surface area contributed by atoms with Crippen molar-refractivity contribution in [1.29, 1.82) is 0 Å². The fourth-order valence-corrected chi connectivity index (χ4v) is 3.29. The van der Waals surface area contributed by atoms with Crippen LogP contribution in [-0.2, 0) is 14.9 Å². The molecule has 2 atom stereocenters. The molecule has 0 amide bonds. The van der Waals surface area contributed by atoms with Crippen LogP contribution in [-0.4, -0.2) is 39.6 Å². The van der Waals surface area contributed by atoms with Crippen molar-refractivity contribution in [2.45, 2.75) is 45.3 Å². The summed E-state index contributed by atoms with van der Waals surface area (Å²) in [6, 6.07) is 16.6. The number of ether oxygens (including phenoxy) is 4. The summed E-state index contributed by atoms with van der Waals surface area (Å²) in [6.45, 7) is 9.37. The van der Waals surface area contributed by atoms with Gasteiger partial charge in [-0.2, -0.15) is 0 Å². The predicted molar refractivity (Wildman–Crippen MR) is 127 cm³/mol. The maximum Gasteiger partial charge on any atom is 0.119 e. The zero-order chi connectivity index (χ0) is 22.7. The van der Waals surface area contributed by atoms with E-state index in [4.69, 9.17) is 18.9 Å². The Hall–Kier alpha value is -2.56. The summed E-state index contributed by atoms with van der Waals surface area (Å²) in [6.07, 6.45) is 7.83. The van der Waals surface area contributed by atoms with Gasteiger partial charge in [-0.15, -0.1) is 0 Å². The van der Waals surface area contributed by atoms with Gasteiger partial charge in [0.1, 0.15) is 36.9 Å². The maximum atomic E-state index is 5.87. The highest BCUT2D eigenvalue weighted by Crippen LogP contribution is 2.33. The fourth-order valence-electron chi connectivity index (χ4n) is 3.29.